The number of hydrogen-bond donors (Lipinski definition) is 2. The van der Waals surface area contributed by atoms with E-state index in [0.717, 1.165) is 24.1 Å². The van der Waals surface area contributed by atoms with Crippen molar-refractivity contribution in [2.75, 3.05) is 11.9 Å². The molecule has 0 unspecified atom stereocenters. The van der Waals surface area contributed by atoms with Gasteiger partial charge in [0.05, 0.1) is 4.92 Å². The minimum atomic E-state index is -0.782. The van der Waals surface area contributed by atoms with E-state index in [-0.39, 0.29) is 17.1 Å². The molecule has 110 valence electrons. The normalized spacial score (nSPS) is 10.3. The molecule has 0 atom stereocenters. The first-order valence-electron chi connectivity index (χ1n) is 6.32. The predicted molar refractivity (Wildman–Crippen MR) is 77.4 cm³/mol. The first kappa shape index (κ1) is 16.2. The molecule has 2 N–H and O–H groups in total. The van der Waals surface area contributed by atoms with Crippen LogP contribution in [0.25, 0.3) is 0 Å². The molecule has 0 radical (unpaired) electrons. The quantitative estimate of drug-likeness (QED) is 0.434. The Hall–Kier alpha value is -1.82. The molecule has 0 spiro atoms. The topological polar surface area (TPSA) is 92.5 Å². The van der Waals surface area contributed by atoms with Crippen molar-refractivity contribution in [1.29, 1.82) is 0 Å². The highest BCUT2D eigenvalue weighted by Crippen LogP contribution is 2.30. The highest BCUT2D eigenvalue weighted by molar-refractivity contribution is 6.33. The zero-order valence-corrected chi connectivity index (χ0v) is 11.9. The van der Waals surface area contributed by atoms with Crippen LogP contribution in [0.3, 0.4) is 0 Å². The summed E-state index contributed by atoms with van der Waals surface area (Å²) in [6.45, 7) is 2.45. The fourth-order valence-electron chi connectivity index (χ4n) is 1.80. The Kier molecular flexibility index (Phi) is 6.24. The number of carboxylic acid groups (broad SMARTS) is 1. The smallest absolute Gasteiger partial charge is 0.303 e. The van der Waals surface area contributed by atoms with E-state index in [1.165, 1.54) is 6.07 Å². The minimum Gasteiger partial charge on any atom is -0.481 e. The Morgan fingerprint density at radius 3 is 2.70 bits per heavy atom. The van der Waals surface area contributed by atoms with Gasteiger partial charge in [0, 0.05) is 24.7 Å². The highest BCUT2D eigenvalue weighted by atomic mass is 35.5. The van der Waals surface area contributed by atoms with Gasteiger partial charge in [-0.2, -0.15) is 0 Å². The van der Waals surface area contributed by atoms with Crippen molar-refractivity contribution in [2.45, 2.75) is 32.6 Å². The van der Waals surface area contributed by atoms with Gasteiger partial charge in [-0.15, -0.1) is 0 Å². The third kappa shape index (κ3) is 5.05. The van der Waals surface area contributed by atoms with Crippen molar-refractivity contribution in [1.82, 2.24) is 0 Å². The van der Waals surface area contributed by atoms with Crippen molar-refractivity contribution in [2.24, 2.45) is 0 Å². The van der Waals surface area contributed by atoms with E-state index >= 15 is 0 Å². The van der Waals surface area contributed by atoms with Crippen molar-refractivity contribution < 1.29 is 14.8 Å². The van der Waals surface area contributed by atoms with Gasteiger partial charge in [0.2, 0.25) is 0 Å². The number of carboxylic acids is 1. The van der Waals surface area contributed by atoms with E-state index in [0.29, 0.717) is 13.0 Å². The summed E-state index contributed by atoms with van der Waals surface area (Å²) in [4.78, 5) is 20.6. The minimum absolute atomic E-state index is 0.101. The summed E-state index contributed by atoms with van der Waals surface area (Å²) in [6, 6.07) is 2.99. The molecule has 0 aromatic heterocycles. The Morgan fingerprint density at radius 2 is 2.10 bits per heavy atom. The van der Waals surface area contributed by atoms with Crippen LogP contribution in [0.5, 0.6) is 0 Å². The largest absolute Gasteiger partial charge is 0.481 e. The van der Waals surface area contributed by atoms with Crippen molar-refractivity contribution in [3.8, 4) is 0 Å². The second kappa shape index (κ2) is 7.69. The zero-order valence-electron chi connectivity index (χ0n) is 11.2. The van der Waals surface area contributed by atoms with Crippen molar-refractivity contribution >= 4 is 28.9 Å². The number of unbranched alkanes of at least 4 members (excludes halogenated alkanes) is 2. The lowest BCUT2D eigenvalue weighted by Gasteiger charge is -2.10. The molecule has 0 amide bonds. The second-order valence-electron chi connectivity index (χ2n) is 4.51. The van der Waals surface area contributed by atoms with E-state index in [4.69, 9.17) is 16.7 Å². The Labute approximate surface area is 121 Å². The number of anilines is 1. The van der Waals surface area contributed by atoms with Crippen molar-refractivity contribution in [3.05, 3.63) is 32.8 Å². The third-order valence-electron chi connectivity index (χ3n) is 2.87. The van der Waals surface area contributed by atoms with Crippen LogP contribution in [0, 0.1) is 17.0 Å². The van der Waals surface area contributed by atoms with E-state index in [1.54, 1.807) is 13.0 Å². The third-order valence-corrected chi connectivity index (χ3v) is 3.18. The first-order chi connectivity index (χ1) is 9.41. The second-order valence-corrected chi connectivity index (χ2v) is 4.91. The summed E-state index contributed by atoms with van der Waals surface area (Å²) in [6.07, 6.45) is 2.49. The molecule has 0 bridgehead atoms. The summed E-state index contributed by atoms with van der Waals surface area (Å²) in [7, 11) is 0. The lowest BCUT2D eigenvalue weighted by molar-refractivity contribution is -0.384. The summed E-state index contributed by atoms with van der Waals surface area (Å²) < 4.78 is 0. The molecule has 1 aromatic carbocycles. The average Bonchev–Trinajstić information content (AvgIpc) is 2.36. The number of nitrogens with one attached hydrogen (secondary N) is 1. The van der Waals surface area contributed by atoms with E-state index < -0.39 is 10.9 Å². The van der Waals surface area contributed by atoms with E-state index in [1.807, 2.05) is 0 Å². The number of rotatable bonds is 8. The summed E-state index contributed by atoms with van der Waals surface area (Å²) in [5.74, 6) is -0.782. The summed E-state index contributed by atoms with van der Waals surface area (Å²) >= 11 is 5.85. The standard InChI is InChI=1S/C13H17ClN2O4/c1-9-7-12(16(19)20)10(14)8-11(9)15-6-4-2-3-5-13(17)18/h7-8,15H,2-6H2,1H3,(H,17,18). The molecular weight excluding hydrogens is 284 g/mol. The molecule has 0 aliphatic heterocycles. The summed E-state index contributed by atoms with van der Waals surface area (Å²) in [5, 5.41) is 22.5. The number of benzene rings is 1. The van der Waals surface area contributed by atoms with Gasteiger partial charge < -0.3 is 10.4 Å². The lowest BCUT2D eigenvalue weighted by atomic mass is 10.1. The molecule has 0 heterocycles. The van der Waals surface area contributed by atoms with E-state index in [2.05, 4.69) is 5.32 Å². The molecule has 0 saturated heterocycles. The number of aryl methyl sites for hydroxylation is 1. The number of carbonyl (C=O) groups is 1. The van der Waals surface area contributed by atoms with E-state index in [9.17, 15) is 14.9 Å². The van der Waals surface area contributed by atoms with Gasteiger partial charge >= 0.3 is 5.97 Å². The van der Waals surface area contributed by atoms with Gasteiger partial charge in [-0.05, 0) is 31.4 Å². The van der Waals surface area contributed by atoms with Crippen LogP contribution in [0.4, 0.5) is 11.4 Å². The Bertz CT molecular complexity index is 505. The maximum Gasteiger partial charge on any atom is 0.303 e. The van der Waals surface area contributed by atoms with Gasteiger partial charge in [0.15, 0.2) is 0 Å². The zero-order chi connectivity index (χ0) is 15.1. The van der Waals surface area contributed by atoms with Gasteiger partial charge in [0.1, 0.15) is 5.02 Å². The molecular formula is C13H17ClN2O4. The van der Waals surface area contributed by atoms with Crippen LogP contribution in [0.1, 0.15) is 31.2 Å². The molecule has 0 aliphatic rings. The molecule has 0 fully saturated rings. The number of aliphatic carboxylic acids is 1. The van der Waals surface area contributed by atoms with Crippen LogP contribution in [0.2, 0.25) is 5.02 Å². The maximum atomic E-state index is 10.7. The fourth-order valence-corrected chi connectivity index (χ4v) is 2.03. The first-order valence-corrected chi connectivity index (χ1v) is 6.70. The molecule has 0 aliphatic carbocycles. The number of nitrogens with zero attached hydrogens (tertiary/aromatic N) is 1. The van der Waals surface area contributed by atoms with Crippen LogP contribution < -0.4 is 5.32 Å². The lowest BCUT2D eigenvalue weighted by Crippen LogP contribution is -2.04. The maximum absolute atomic E-state index is 10.7. The van der Waals surface area contributed by atoms with Crippen LogP contribution in [0.15, 0.2) is 12.1 Å². The molecule has 1 aromatic rings. The van der Waals surface area contributed by atoms with Crippen molar-refractivity contribution in [3.63, 3.8) is 0 Å². The molecule has 0 saturated carbocycles. The predicted octanol–water partition coefficient (Wildman–Crippen LogP) is 3.61. The molecule has 7 heteroatoms. The Balaban J connectivity index is 2.47. The Morgan fingerprint density at radius 1 is 1.40 bits per heavy atom. The van der Waals surface area contributed by atoms with Gasteiger partial charge in [-0.25, -0.2) is 0 Å². The highest BCUT2D eigenvalue weighted by Gasteiger charge is 2.14. The number of hydrogen-bond acceptors (Lipinski definition) is 4. The fraction of sp³-hybridized carbons (Fsp3) is 0.462. The number of halogens is 1. The SMILES string of the molecule is Cc1cc([N+](=O)[O-])c(Cl)cc1NCCCCCC(=O)O. The number of nitro groups is 1. The van der Waals surface area contributed by atoms with Gasteiger partial charge in [-0.3, -0.25) is 14.9 Å². The number of nitro benzene ring substituents is 1. The molecule has 1 rings (SSSR count). The van der Waals surface area contributed by atoms with Crippen LogP contribution in [-0.2, 0) is 4.79 Å². The average molecular weight is 301 g/mol. The van der Waals surface area contributed by atoms with Crippen LogP contribution in [-0.4, -0.2) is 22.5 Å². The van der Waals surface area contributed by atoms with Gasteiger partial charge in [-0.1, -0.05) is 18.0 Å². The molecule has 6 nitrogen and oxygen atoms in total. The molecule has 20 heavy (non-hydrogen) atoms. The summed E-state index contributed by atoms with van der Waals surface area (Å²) in [5.41, 5.74) is 1.42. The van der Waals surface area contributed by atoms with Crippen LogP contribution >= 0.6 is 11.6 Å². The van der Waals surface area contributed by atoms with Gasteiger partial charge in [0.25, 0.3) is 5.69 Å². The monoisotopic (exact) mass is 300 g/mol.